The molecule has 0 saturated heterocycles. The fraction of sp³-hybridized carbons (Fsp3) is 0.455. The molecule has 0 aliphatic rings. The van der Waals surface area contributed by atoms with Crippen LogP contribution in [0.1, 0.15) is 19.4 Å². The zero-order chi connectivity index (χ0) is 13.1. The first-order valence-electron chi connectivity index (χ1n) is 5.06. The molecule has 0 aliphatic carbocycles. The Balaban J connectivity index is 2.78. The number of nitriles is 1. The van der Waals surface area contributed by atoms with Crippen molar-refractivity contribution in [2.24, 2.45) is 0 Å². The van der Waals surface area contributed by atoms with Crippen molar-refractivity contribution >= 4 is 15.7 Å². The molecule has 0 aromatic carbocycles. The zero-order valence-corrected chi connectivity index (χ0v) is 10.9. The van der Waals surface area contributed by atoms with Gasteiger partial charge in [0.05, 0.1) is 16.4 Å². The molecule has 1 aromatic rings. The largest absolute Gasteiger partial charge is 0.368 e. The third-order valence-corrected chi connectivity index (χ3v) is 4.74. The van der Waals surface area contributed by atoms with E-state index in [0.29, 0.717) is 11.4 Å². The van der Waals surface area contributed by atoms with Crippen LogP contribution in [0.3, 0.4) is 0 Å². The standard InChI is InChI=1S/C11H15N3O2S/c1-11(2,17(3,15)16)8-14-10-6-9(7-12)4-5-13-10/h4-6H,8H2,1-3H3,(H,13,14). The van der Waals surface area contributed by atoms with Crippen molar-refractivity contribution in [2.75, 3.05) is 18.1 Å². The second-order valence-electron chi connectivity index (χ2n) is 4.43. The van der Waals surface area contributed by atoms with E-state index < -0.39 is 14.6 Å². The van der Waals surface area contributed by atoms with Gasteiger partial charge < -0.3 is 5.32 Å². The van der Waals surface area contributed by atoms with Gasteiger partial charge in [-0.15, -0.1) is 0 Å². The lowest BCUT2D eigenvalue weighted by molar-refractivity contribution is 0.559. The van der Waals surface area contributed by atoms with Crippen molar-refractivity contribution in [2.45, 2.75) is 18.6 Å². The van der Waals surface area contributed by atoms with Crippen LogP contribution in [-0.2, 0) is 9.84 Å². The number of nitrogens with one attached hydrogen (secondary N) is 1. The third-order valence-electron chi connectivity index (χ3n) is 2.59. The maximum Gasteiger partial charge on any atom is 0.154 e. The van der Waals surface area contributed by atoms with Crippen molar-refractivity contribution in [1.29, 1.82) is 5.26 Å². The highest BCUT2D eigenvalue weighted by Crippen LogP contribution is 2.16. The highest BCUT2D eigenvalue weighted by molar-refractivity contribution is 7.92. The van der Waals surface area contributed by atoms with Gasteiger partial charge in [-0.1, -0.05) is 0 Å². The molecular weight excluding hydrogens is 238 g/mol. The van der Waals surface area contributed by atoms with E-state index >= 15 is 0 Å². The van der Waals surface area contributed by atoms with Crippen molar-refractivity contribution in [3.8, 4) is 6.07 Å². The topological polar surface area (TPSA) is 82.8 Å². The smallest absolute Gasteiger partial charge is 0.154 e. The van der Waals surface area contributed by atoms with Crippen LogP contribution >= 0.6 is 0 Å². The highest BCUT2D eigenvalue weighted by Gasteiger charge is 2.29. The Morgan fingerprint density at radius 3 is 2.71 bits per heavy atom. The molecule has 0 fully saturated rings. The summed E-state index contributed by atoms with van der Waals surface area (Å²) in [6.45, 7) is 3.53. The first kappa shape index (κ1) is 13.5. The van der Waals surface area contributed by atoms with Crippen LogP contribution in [0.25, 0.3) is 0 Å². The van der Waals surface area contributed by atoms with Crippen LogP contribution in [-0.4, -0.2) is 30.9 Å². The summed E-state index contributed by atoms with van der Waals surface area (Å²) in [7, 11) is -3.14. The maximum atomic E-state index is 11.5. The van der Waals surface area contributed by atoms with Crippen molar-refractivity contribution < 1.29 is 8.42 Å². The van der Waals surface area contributed by atoms with Crippen molar-refractivity contribution in [1.82, 2.24) is 4.98 Å². The van der Waals surface area contributed by atoms with E-state index in [4.69, 9.17) is 5.26 Å². The SMILES string of the molecule is CC(C)(CNc1cc(C#N)ccn1)S(C)(=O)=O. The van der Waals surface area contributed by atoms with E-state index in [-0.39, 0.29) is 6.54 Å². The van der Waals surface area contributed by atoms with Crippen LogP contribution < -0.4 is 5.32 Å². The molecule has 0 atom stereocenters. The van der Waals surface area contributed by atoms with Gasteiger partial charge in [0.15, 0.2) is 9.84 Å². The fourth-order valence-corrected chi connectivity index (χ4v) is 1.37. The fourth-order valence-electron chi connectivity index (χ4n) is 1.03. The van der Waals surface area contributed by atoms with Gasteiger partial charge in [-0.3, -0.25) is 0 Å². The minimum atomic E-state index is -3.14. The second-order valence-corrected chi connectivity index (χ2v) is 7.08. The lowest BCUT2D eigenvalue weighted by atomic mass is 10.2. The minimum absolute atomic E-state index is 0.244. The summed E-state index contributed by atoms with van der Waals surface area (Å²) in [4.78, 5) is 4.02. The summed E-state index contributed by atoms with van der Waals surface area (Å²) in [5, 5.41) is 11.6. The molecule has 0 bridgehead atoms. The van der Waals surface area contributed by atoms with Gasteiger partial charge in [0.2, 0.25) is 0 Å². The summed E-state index contributed by atoms with van der Waals surface area (Å²) >= 11 is 0. The molecule has 1 aromatic heterocycles. The Morgan fingerprint density at radius 1 is 1.53 bits per heavy atom. The van der Waals surface area contributed by atoms with Crippen LogP contribution in [0, 0.1) is 11.3 Å². The van der Waals surface area contributed by atoms with E-state index in [0.717, 1.165) is 0 Å². The molecule has 0 radical (unpaired) electrons. The summed E-state index contributed by atoms with van der Waals surface area (Å²) in [6, 6.07) is 5.17. The summed E-state index contributed by atoms with van der Waals surface area (Å²) in [5.74, 6) is 0.501. The minimum Gasteiger partial charge on any atom is -0.368 e. The summed E-state index contributed by atoms with van der Waals surface area (Å²) < 4.78 is 22.1. The maximum absolute atomic E-state index is 11.5. The molecular formula is C11H15N3O2S. The number of pyridine rings is 1. The predicted molar refractivity (Wildman–Crippen MR) is 66.4 cm³/mol. The Bertz CT molecular complexity index is 544. The van der Waals surface area contributed by atoms with Gasteiger partial charge in [-0.2, -0.15) is 5.26 Å². The van der Waals surface area contributed by atoms with Gasteiger partial charge in [0.1, 0.15) is 5.82 Å². The molecule has 0 saturated carbocycles. The average Bonchev–Trinajstić information content (AvgIpc) is 2.25. The lowest BCUT2D eigenvalue weighted by Gasteiger charge is -2.22. The van der Waals surface area contributed by atoms with E-state index in [1.54, 1.807) is 26.0 Å². The van der Waals surface area contributed by atoms with E-state index in [2.05, 4.69) is 10.3 Å². The normalized spacial score (nSPS) is 11.9. The summed E-state index contributed by atoms with van der Waals surface area (Å²) in [5.41, 5.74) is 0.486. The molecule has 6 heteroatoms. The highest BCUT2D eigenvalue weighted by atomic mass is 32.2. The van der Waals surface area contributed by atoms with E-state index in [1.807, 2.05) is 6.07 Å². The van der Waals surface area contributed by atoms with Crippen molar-refractivity contribution in [3.63, 3.8) is 0 Å². The lowest BCUT2D eigenvalue weighted by Crippen LogP contribution is -2.38. The quantitative estimate of drug-likeness (QED) is 0.871. The van der Waals surface area contributed by atoms with Crippen LogP contribution in [0.15, 0.2) is 18.3 Å². The van der Waals surface area contributed by atoms with Gasteiger partial charge in [-0.25, -0.2) is 13.4 Å². The average molecular weight is 253 g/mol. The molecule has 0 aliphatic heterocycles. The second kappa shape index (κ2) is 4.72. The van der Waals surface area contributed by atoms with Crippen molar-refractivity contribution in [3.05, 3.63) is 23.9 Å². The predicted octanol–water partition coefficient (Wildman–Crippen LogP) is 1.19. The van der Waals surface area contributed by atoms with Gasteiger partial charge in [-0.05, 0) is 26.0 Å². The van der Waals surface area contributed by atoms with E-state index in [9.17, 15) is 8.42 Å². The van der Waals surface area contributed by atoms with Crippen LogP contribution in [0.4, 0.5) is 5.82 Å². The molecule has 0 amide bonds. The van der Waals surface area contributed by atoms with Gasteiger partial charge in [0, 0.05) is 19.0 Å². The summed E-state index contributed by atoms with van der Waals surface area (Å²) in [6.07, 6.45) is 2.71. The molecule has 17 heavy (non-hydrogen) atoms. The first-order valence-corrected chi connectivity index (χ1v) is 6.95. The molecule has 1 heterocycles. The molecule has 5 nitrogen and oxygen atoms in total. The van der Waals surface area contributed by atoms with E-state index in [1.165, 1.54) is 12.5 Å². The number of hydrogen-bond donors (Lipinski definition) is 1. The third kappa shape index (κ3) is 3.43. The first-order chi connectivity index (χ1) is 7.76. The molecule has 0 spiro atoms. The molecule has 1 rings (SSSR count). The monoisotopic (exact) mass is 253 g/mol. The molecule has 0 unspecified atom stereocenters. The number of anilines is 1. The van der Waals surface area contributed by atoms with Crippen LogP contribution in [0.2, 0.25) is 0 Å². The van der Waals surface area contributed by atoms with Crippen LogP contribution in [0.5, 0.6) is 0 Å². The number of sulfone groups is 1. The number of aromatic nitrogens is 1. The Labute approximate surface area is 101 Å². The molecule has 92 valence electrons. The van der Waals surface area contributed by atoms with Gasteiger partial charge >= 0.3 is 0 Å². The Kier molecular flexibility index (Phi) is 3.73. The number of hydrogen-bond acceptors (Lipinski definition) is 5. The molecule has 1 N–H and O–H groups in total. The Morgan fingerprint density at radius 2 is 2.18 bits per heavy atom. The van der Waals surface area contributed by atoms with Gasteiger partial charge in [0.25, 0.3) is 0 Å². The zero-order valence-electron chi connectivity index (χ0n) is 10.1. The Hall–Kier alpha value is -1.61. The number of nitrogens with zero attached hydrogens (tertiary/aromatic N) is 2. The number of rotatable bonds is 4.